The Balaban J connectivity index is 2.41. The van der Waals surface area contributed by atoms with E-state index in [1.165, 1.54) is 0 Å². The third-order valence-electron chi connectivity index (χ3n) is 2.01. The van der Waals surface area contributed by atoms with E-state index in [1.807, 2.05) is 36.4 Å². The highest BCUT2D eigenvalue weighted by atomic mass is 15.3. The molecule has 0 amide bonds. The van der Waals surface area contributed by atoms with Crippen LogP contribution in [0.4, 0.5) is 5.69 Å². The van der Waals surface area contributed by atoms with Crippen molar-refractivity contribution in [2.75, 3.05) is 0 Å². The van der Waals surface area contributed by atoms with Crippen LogP contribution in [0.25, 0.3) is 11.1 Å². The Labute approximate surface area is 87.5 Å². The Morgan fingerprint density at radius 1 is 1.07 bits per heavy atom. The molecule has 2 N–H and O–H groups in total. The molecule has 74 valence electrons. The summed E-state index contributed by atoms with van der Waals surface area (Å²) in [4.78, 5) is 4.06. The van der Waals surface area contributed by atoms with Crippen LogP contribution in [0.3, 0.4) is 0 Å². The standard InChI is InChI=1S/C11H10N4/c12-15-14-11-5-1-3-9(7-11)10-4-2-6-13-8-10/h1-8H,(H2,12,14). The van der Waals surface area contributed by atoms with Crippen LogP contribution in [0.2, 0.25) is 0 Å². The zero-order chi connectivity index (χ0) is 10.5. The van der Waals surface area contributed by atoms with Crippen molar-refractivity contribution < 1.29 is 0 Å². The Bertz CT molecular complexity index is 465. The van der Waals surface area contributed by atoms with Crippen LogP contribution in [0.1, 0.15) is 0 Å². The summed E-state index contributed by atoms with van der Waals surface area (Å²) in [7, 11) is 0. The van der Waals surface area contributed by atoms with Gasteiger partial charge in [0.25, 0.3) is 0 Å². The number of nitrogens with zero attached hydrogens (tertiary/aromatic N) is 3. The van der Waals surface area contributed by atoms with E-state index >= 15 is 0 Å². The van der Waals surface area contributed by atoms with Gasteiger partial charge < -0.3 is 5.84 Å². The number of aromatic nitrogens is 1. The maximum atomic E-state index is 5.00. The smallest absolute Gasteiger partial charge is 0.0880 e. The molecule has 0 bridgehead atoms. The molecule has 0 aliphatic carbocycles. The maximum absolute atomic E-state index is 5.00. The van der Waals surface area contributed by atoms with Gasteiger partial charge in [-0.2, -0.15) is 0 Å². The topological polar surface area (TPSA) is 63.6 Å². The molecule has 0 saturated heterocycles. The van der Waals surface area contributed by atoms with Crippen LogP contribution < -0.4 is 5.84 Å². The lowest BCUT2D eigenvalue weighted by Gasteiger charge is -2.00. The molecule has 1 heterocycles. The zero-order valence-electron chi connectivity index (χ0n) is 8.04. The molecule has 4 heteroatoms. The normalized spacial score (nSPS) is 10.7. The molecule has 2 rings (SSSR count). The summed E-state index contributed by atoms with van der Waals surface area (Å²) in [6.45, 7) is 0. The second-order valence-corrected chi connectivity index (χ2v) is 3.01. The Kier molecular flexibility index (Phi) is 2.69. The van der Waals surface area contributed by atoms with Gasteiger partial charge in [-0.3, -0.25) is 4.98 Å². The van der Waals surface area contributed by atoms with Crippen molar-refractivity contribution >= 4 is 5.69 Å². The fourth-order valence-electron chi connectivity index (χ4n) is 1.35. The summed E-state index contributed by atoms with van der Waals surface area (Å²) in [5.41, 5.74) is 2.83. The Morgan fingerprint density at radius 2 is 1.93 bits per heavy atom. The van der Waals surface area contributed by atoms with Crippen LogP contribution >= 0.6 is 0 Å². The van der Waals surface area contributed by atoms with Crippen molar-refractivity contribution in [3.8, 4) is 11.1 Å². The van der Waals surface area contributed by atoms with Gasteiger partial charge in [0.05, 0.1) is 5.69 Å². The minimum atomic E-state index is 0.735. The van der Waals surface area contributed by atoms with Gasteiger partial charge in [0.1, 0.15) is 0 Å². The quantitative estimate of drug-likeness (QED) is 0.458. The summed E-state index contributed by atoms with van der Waals surface area (Å²) < 4.78 is 0. The van der Waals surface area contributed by atoms with Crippen LogP contribution in [0.5, 0.6) is 0 Å². The van der Waals surface area contributed by atoms with Crippen molar-refractivity contribution in [2.24, 2.45) is 16.2 Å². The maximum Gasteiger partial charge on any atom is 0.0880 e. The first-order valence-electron chi connectivity index (χ1n) is 4.51. The predicted molar refractivity (Wildman–Crippen MR) is 58.4 cm³/mol. The second-order valence-electron chi connectivity index (χ2n) is 3.01. The third kappa shape index (κ3) is 2.17. The first-order valence-corrected chi connectivity index (χ1v) is 4.51. The summed E-state index contributed by atoms with van der Waals surface area (Å²) in [6.07, 6.45) is 3.55. The Morgan fingerprint density at radius 3 is 2.67 bits per heavy atom. The summed E-state index contributed by atoms with van der Waals surface area (Å²) in [6, 6.07) is 11.5. The van der Waals surface area contributed by atoms with Gasteiger partial charge in [-0.15, -0.1) is 5.11 Å². The number of nitrogens with two attached hydrogens (primary N) is 1. The van der Waals surface area contributed by atoms with E-state index < -0.39 is 0 Å². The molecule has 15 heavy (non-hydrogen) atoms. The van der Waals surface area contributed by atoms with Gasteiger partial charge in [-0.1, -0.05) is 23.4 Å². The first kappa shape index (κ1) is 9.33. The number of hydrogen-bond acceptors (Lipinski definition) is 3. The number of pyridine rings is 1. The molecule has 0 spiro atoms. The van der Waals surface area contributed by atoms with Crippen molar-refractivity contribution in [1.29, 1.82) is 0 Å². The molecular weight excluding hydrogens is 188 g/mol. The lowest BCUT2D eigenvalue weighted by atomic mass is 10.1. The van der Waals surface area contributed by atoms with Gasteiger partial charge in [-0.25, -0.2) is 0 Å². The summed E-state index contributed by atoms with van der Waals surface area (Å²) in [5.74, 6) is 5.00. The fourth-order valence-corrected chi connectivity index (χ4v) is 1.35. The largest absolute Gasteiger partial charge is 0.305 e. The molecule has 0 aliphatic heterocycles. The van der Waals surface area contributed by atoms with E-state index in [9.17, 15) is 0 Å². The average Bonchev–Trinajstić information content (AvgIpc) is 2.31. The van der Waals surface area contributed by atoms with Crippen molar-refractivity contribution in [3.05, 3.63) is 48.8 Å². The highest BCUT2D eigenvalue weighted by Gasteiger charge is 1.97. The molecule has 0 fully saturated rings. The van der Waals surface area contributed by atoms with E-state index in [-0.39, 0.29) is 0 Å². The molecule has 1 aromatic heterocycles. The van der Waals surface area contributed by atoms with Gasteiger partial charge in [-0.05, 0) is 23.8 Å². The van der Waals surface area contributed by atoms with Gasteiger partial charge in [0.15, 0.2) is 0 Å². The molecule has 0 radical (unpaired) electrons. The highest BCUT2D eigenvalue weighted by molar-refractivity contribution is 5.65. The van der Waals surface area contributed by atoms with Crippen molar-refractivity contribution in [3.63, 3.8) is 0 Å². The first-order chi connectivity index (χ1) is 7.40. The highest BCUT2D eigenvalue weighted by Crippen LogP contribution is 2.23. The van der Waals surface area contributed by atoms with E-state index in [0.29, 0.717) is 0 Å². The van der Waals surface area contributed by atoms with Crippen LogP contribution in [-0.2, 0) is 0 Å². The van der Waals surface area contributed by atoms with Gasteiger partial charge >= 0.3 is 0 Å². The van der Waals surface area contributed by atoms with E-state index in [4.69, 9.17) is 5.84 Å². The van der Waals surface area contributed by atoms with E-state index in [2.05, 4.69) is 15.3 Å². The lowest BCUT2D eigenvalue weighted by Crippen LogP contribution is -1.79. The fraction of sp³-hybridized carbons (Fsp3) is 0. The summed E-state index contributed by atoms with van der Waals surface area (Å²) in [5, 5.41) is 7.03. The minimum absolute atomic E-state index is 0.735. The predicted octanol–water partition coefficient (Wildman–Crippen LogP) is 2.71. The molecule has 2 aromatic rings. The Hall–Kier alpha value is -2.23. The van der Waals surface area contributed by atoms with Crippen molar-refractivity contribution in [1.82, 2.24) is 4.98 Å². The lowest BCUT2D eigenvalue weighted by molar-refractivity contribution is 1.06. The number of benzene rings is 1. The molecule has 4 nitrogen and oxygen atoms in total. The van der Waals surface area contributed by atoms with Crippen molar-refractivity contribution in [2.45, 2.75) is 0 Å². The van der Waals surface area contributed by atoms with Crippen LogP contribution in [0.15, 0.2) is 59.1 Å². The van der Waals surface area contributed by atoms with Gasteiger partial charge in [0, 0.05) is 18.0 Å². The molecular formula is C11H10N4. The van der Waals surface area contributed by atoms with E-state index in [1.54, 1.807) is 12.4 Å². The van der Waals surface area contributed by atoms with E-state index in [0.717, 1.165) is 16.8 Å². The van der Waals surface area contributed by atoms with Crippen LogP contribution in [-0.4, -0.2) is 4.98 Å². The molecule has 0 saturated carbocycles. The number of rotatable bonds is 2. The third-order valence-corrected chi connectivity index (χ3v) is 2.01. The van der Waals surface area contributed by atoms with Crippen LogP contribution in [0, 0.1) is 0 Å². The van der Waals surface area contributed by atoms with Gasteiger partial charge in [0.2, 0.25) is 0 Å². The minimum Gasteiger partial charge on any atom is -0.305 e. The monoisotopic (exact) mass is 198 g/mol. The SMILES string of the molecule is NN=Nc1cccc(-c2cccnc2)c1. The number of hydrogen-bond donors (Lipinski definition) is 1. The molecule has 0 unspecified atom stereocenters. The average molecular weight is 198 g/mol. The molecule has 0 aliphatic rings. The zero-order valence-corrected chi connectivity index (χ0v) is 8.04. The second kappa shape index (κ2) is 4.32. The molecule has 0 atom stereocenters. The molecule has 1 aromatic carbocycles. The summed E-state index contributed by atoms with van der Waals surface area (Å²) >= 11 is 0.